The number of halogens is 2. The van der Waals surface area contributed by atoms with E-state index in [0.717, 1.165) is 36.8 Å². The third-order valence-electron chi connectivity index (χ3n) is 6.42. The number of benzene rings is 2. The van der Waals surface area contributed by atoms with E-state index in [-0.39, 0.29) is 34.4 Å². The molecule has 3 rings (SSSR count). The minimum atomic E-state index is -0.0948. The molecular formula is C28H36Cl2N2O2. The number of nitrogens with zero attached hydrogens (tertiary/aromatic N) is 2. The second-order valence-corrected chi connectivity index (χ2v) is 12.1. The minimum absolute atomic E-state index is 0.00937. The highest BCUT2D eigenvalue weighted by atomic mass is 35.5. The van der Waals surface area contributed by atoms with E-state index in [9.17, 15) is 10.2 Å². The summed E-state index contributed by atoms with van der Waals surface area (Å²) in [5.41, 5.74) is 3.13. The van der Waals surface area contributed by atoms with Gasteiger partial charge in [0.2, 0.25) is 0 Å². The van der Waals surface area contributed by atoms with Crippen molar-refractivity contribution in [3.05, 3.63) is 56.6 Å². The topological polar surface area (TPSA) is 65.2 Å². The molecule has 1 aliphatic carbocycles. The van der Waals surface area contributed by atoms with E-state index >= 15 is 0 Å². The fraction of sp³-hybridized carbons (Fsp3) is 0.500. The van der Waals surface area contributed by atoms with Crippen LogP contribution in [0.1, 0.15) is 89.5 Å². The van der Waals surface area contributed by atoms with Crippen LogP contribution in [-0.4, -0.2) is 34.7 Å². The quantitative estimate of drug-likeness (QED) is 0.417. The van der Waals surface area contributed by atoms with Crippen LogP contribution in [0.4, 0.5) is 0 Å². The number of aromatic hydroxyl groups is 2. The highest BCUT2D eigenvalue weighted by molar-refractivity contribution is 6.33. The lowest BCUT2D eigenvalue weighted by atomic mass is 9.86. The Bertz CT molecular complexity index is 1010. The molecule has 0 saturated heterocycles. The lowest BCUT2D eigenvalue weighted by molar-refractivity contribution is 0.390. The maximum atomic E-state index is 10.5. The monoisotopic (exact) mass is 502 g/mol. The molecule has 0 radical (unpaired) electrons. The molecule has 2 unspecified atom stereocenters. The third kappa shape index (κ3) is 6.34. The van der Waals surface area contributed by atoms with Gasteiger partial charge in [-0.15, -0.1) is 0 Å². The summed E-state index contributed by atoms with van der Waals surface area (Å²) in [5, 5.41) is 21.6. The Hall–Kier alpha value is -2.04. The molecule has 1 saturated carbocycles. The summed E-state index contributed by atoms with van der Waals surface area (Å²) in [6, 6.07) is 7.50. The molecule has 34 heavy (non-hydrogen) atoms. The zero-order chi connectivity index (χ0) is 25.3. The Labute approximate surface area is 213 Å². The number of phenols is 2. The van der Waals surface area contributed by atoms with Crippen molar-refractivity contribution in [3.63, 3.8) is 0 Å². The smallest absolute Gasteiger partial charge is 0.142 e. The first kappa shape index (κ1) is 26.6. The van der Waals surface area contributed by atoms with Gasteiger partial charge in [0.25, 0.3) is 0 Å². The summed E-state index contributed by atoms with van der Waals surface area (Å²) in [6.07, 6.45) is 7.45. The Kier molecular flexibility index (Phi) is 8.04. The van der Waals surface area contributed by atoms with Gasteiger partial charge in [-0.2, -0.15) is 0 Å². The fourth-order valence-electron chi connectivity index (χ4n) is 4.10. The molecule has 1 fully saturated rings. The number of phenolic OH excluding ortho intramolecular Hbond substituents is 2. The Morgan fingerprint density at radius 1 is 0.706 bits per heavy atom. The van der Waals surface area contributed by atoms with Crippen molar-refractivity contribution in [2.24, 2.45) is 9.98 Å². The first-order valence-electron chi connectivity index (χ1n) is 11.9. The van der Waals surface area contributed by atoms with E-state index in [0.29, 0.717) is 21.2 Å². The Balaban J connectivity index is 1.88. The van der Waals surface area contributed by atoms with Gasteiger partial charge in [0, 0.05) is 23.6 Å². The number of hydrogen-bond donors (Lipinski definition) is 2. The second kappa shape index (κ2) is 10.3. The second-order valence-electron chi connectivity index (χ2n) is 11.3. The molecule has 0 aromatic heterocycles. The van der Waals surface area contributed by atoms with Crippen molar-refractivity contribution >= 4 is 35.6 Å². The largest absolute Gasteiger partial charge is 0.506 e. The SMILES string of the molecule is CC(C)(C)c1cc(Cl)c(O)c(C=NC2CCCCC2N=Cc2cc(C(C)(C)C)cc(Cl)c2O)c1. The van der Waals surface area contributed by atoms with E-state index in [2.05, 4.69) is 41.5 Å². The van der Waals surface area contributed by atoms with Crippen molar-refractivity contribution in [2.45, 2.75) is 90.1 Å². The summed E-state index contributed by atoms with van der Waals surface area (Å²) < 4.78 is 0. The van der Waals surface area contributed by atoms with Gasteiger partial charge in [-0.1, -0.05) is 77.6 Å². The van der Waals surface area contributed by atoms with Gasteiger partial charge in [-0.3, -0.25) is 9.98 Å². The number of aliphatic imine (C=N–C) groups is 2. The van der Waals surface area contributed by atoms with Crippen LogP contribution in [0.5, 0.6) is 11.5 Å². The molecule has 2 N–H and O–H groups in total. The Morgan fingerprint density at radius 3 is 1.38 bits per heavy atom. The number of rotatable bonds is 4. The van der Waals surface area contributed by atoms with Gasteiger partial charge in [0.05, 0.1) is 22.1 Å². The lowest BCUT2D eigenvalue weighted by Gasteiger charge is -2.26. The normalized spacial score (nSPS) is 19.9. The molecule has 2 aromatic rings. The molecule has 0 bridgehead atoms. The standard InChI is InChI=1S/C28H36Cl2N2O2/c1-27(2,3)19-11-17(25(33)21(29)13-19)15-31-23-9-7-8-10-24(23)32-16-18-12-20(28(4,5)6)14-22(30)26(18)34/h11-16,23-24,33-34H,7-10H2,1-6H3. The van der Waals surface area contributed by atoms with Gasteiger partial charge in [0.15, 0.2) is 0 Å². The van der Waals surface area contributed by atoms with Crippen molar-refractivity contribution in [3.8, 4) is 11.5 Å². The van der Waals surface area contributed by atoms with Crippen LogP contribution in [0.15, 0.2) is 34.3 Å². The van der Waals surface area contributed by atoms with Crippen molar-refractivity contribution in [2.75, 3.05) is 0 Å². The summed E-state index contributed by atoms with van der Waals surface area (Å²) in [6.45, 7) is 12.7. The highest BCUT2D eigenvalue weighted by Gasteiger charge is 2.24. The van der Waals surface area contributed by atoms with Gasteiger partial charge in [-0.25, -0.2) is 0 Å². The first-order chi connectivity index (χ1) is 15.8. The fourth-order valence-corrected chi connectivity index (χ4v) is 4.55. The van der Waals surface area contributed by atoms with Crippen LogP contribution in [-0.2, 0) is 10.8 Å². The van der Waals surface area contributed by atoms with E-state index in [1.54, 1.807) is 12.4 Å². The lowest BCUT2D eigenvalue weighted by Crippen LogP contribution is -2.27. The molecule has 1 aliphatic rings. The molecule has 6 heteroatoms. The predicted octanol–water partition coefficient (Wildman–Crippen LogP) is 7.85. The van der Waals surface area contributed by atoms with Crippen LogP contribution in [0, 0.1) is 0 Å². The number of hydrogen-bond acceptors (Lipinski definition) is 4. The van der Waals surface area contributed by atoms with E-state index < -0.39 is 0 Å². The molecule has 184 valence electrons. The van der Waals surface area contributed by atoms with Crippen LogP contribution in [0.25, 0.3) is 0 Å². The van der Waals surface area contributed by atoms with E-state index in [1.165, 1.54) is 0 Å². The van der Waals surface area contributed by atoms with Gasteiger partial charge in [0.1, 0.15) is 11.5 Å². The summed E-state index contributed by atoms with van der Waals surface area (Å²) in [4.78, 5) is 9.65. The summed E-state index contributed by atoms with van der Waals surface area (Å²) >= 11 is 12.6. The first-order valence-corrected chi connectivity index (χ1v) is 12.7. The van der Waals surface area contributed by atoms with Gasteiger partial charge in [-0.05, 0) is 59.1 Å². The zero-order valence-electron chi connectivity index (χ0n) is 21.0. The average Bonchev–Trinajstić information content (AvgIpc) is 2.74. The molecule has 2 atom stereocenters. The van der Waals surface area contributed by atoms with Crippen molar-refractivity contribution < 1.29 is 10.2 Å². The summed E-state index contributed by atoms with van der Waals surface area (Å²) in [7, 11) is 0. The molecule has 0 heterocycles. The molecule has 0 aliphatic heterocycles. The van der Waals surface area contributed by atoms with Crippen molar-refractivity contribution in [1.29, 1.82) is 0 Å². The maximum absolute atomic E-state index is 10.5. The Morgan fingerprint density at radius 2 is 1.06 bits per heavy atom. The maximum Gasteiger partial charge on any atom is 0.142 e. The zero-order valence-corrected chi connectivity index (χ0v) is 22.5. The van der Waals surface area contributed by atoms with Gasteiger partial charge >= 0.3 is 0 Å². The van der Waals surface area contributed by atoms with Crippen LogP contribution < -0.4 is 0 Å². The average molecular weight is 504 g/mol. The van der Waals surface area contributed by atoms with Crippen molar-refractivity contribution in [1.82, 2.24) is 0 Å². The van der Waals surface area contributed by atoms with E-state index in [4.69, 9.17) is 33.2 Å². The highest BCUT2D eigenvalue weighted by Crippen LogP contribution is 2.35. The molecule has 2 aromatic carbocycles. The third-order valence-corrected chi connectivity index (χ3v) is 7.00. The minimum Gasteiger partial charge on any atom is -0.506 e. The predicted molar refractivity (Wildman–Crippen MR) is 145 cm³/mol. The summed E-state index contributed by atoms with van der Waals surface area (Å²) in [5.74, 6) is 0.0978. The van der Waals surface area contributed by atoms with Crippen LogP contribution in [0.3, 0.4) is 0 Å². The van der Waals surface area contributed by atoms with Crippen LogP contribution in [0.2, 0.25) is 10.0 Å². The molecule has 0 spiro atoms. The molecule has 0 amide bonds. The van der Waals surface area contributed by atoms with Gasteiger partial charge < -0.3 is 10.2 Å². The molecular weight excluding hydrogens is 467 g/mol. The van der Waals surface area contributed by atoms with Crippen LogP contribution >= 0.6 is 23.2 Å². The van der Waals surface area contributed by atoms with E-state index in [1.807, 2.05) is 24.3 Å². The molecule has 4 nitrogen and oxygen atoms in total.